The molecule has 0 bridgehead atoms. The van der Waals surface area contributed by atoms with Crippen LogP contribution >= 0.6 is 0 Å². The molecule has 1 aromatic rings. The van der Waals surface area contributed by atoms with Gasteiger partial charge in [-0.05, 0) is 31.5 Å². The van der Waals surface area contributed by atoms with Crippen LogP contribution in [0.2, 0.25) is 0 Å². The molecule has 0 aliphatic carbocycles. The fraction of sp³-hybridized carbons (Fsp3) is 0.500. The minimum Gasteiger partial charge on any atom is -0.399 e. The van der Waals surface area contributed by atoms with Crippen LogP contribution in [-0.2, 0) is 0 Å². The van der Waals surface area contributed by atoms with Crippen molar-refractivity contribution < 1.29 is 4.79 Å². The van der Waals surface area contributed by atoms with E-state index in [0.717, 1.165) is 12.8 Å². The lowest BCUT2D eigenvalue weighted by atomic mass is 10.1. The van der Waals surface area contributed by atoms with Gasteiger partial charge in [0.2, 0.25) is 0 Å². The van der Waals surface area contributed by atoms with Crippen LogP contribution in [0.15, 0.2) is 18.2 Å². The summed E-state index contributed by atoms with van der Waals surface area (Å²) >= 11 is 0. The van der Waals surface area contributed by atoms with Crippen LogP contribution in [0.25, 0.3) is 0 Å². The number of carbonyl (C=O) groups excluding carboxylic acids is 1. The van der Waals surface area contributed by atoms with Crippen molar-refractivity contribution in [3.8, 4) is 0 Å². The van der Waals surface area contributed by atoms with Gasteiger partial charge in [-0.2, -0.15) is 0 Å². The summed E-state index contributed by atoms with van der Waals surface area (Å²) in [7, 11) is 0. The third-order valence-corrected chi connectivity index (χ3v) is 2.94. The Morgan fingerprint density at radius 1 is 1.33 bits per heavy atom. The first-order chi connectivity index (χ1) is 8.54. The predicted molar refractivity (Wildman–Crippen MR) is 76.3 cm³/mol. The number of amides is 1. The van der Waals surface area contributed by atoms with Gasteiger partial charge in [-0.15, -0.1) is 0 Å². The lowest BCUT2D eigenvalue weighted by Crippen LogP contribution is -2.32. The summed E-state index contributed by atoms with van der Waals surface area (Å²) in [5.41, 5.74) is 12.9. The predicted octanol–water partition coefficient (Wildman–Crippen LogP) is 2.55. The highest BCUT2D eigenvalue weighted by Gasteiger charge is 2.12. The molecule has 4 heteroatoms. The van der Waals surface area contributed by atoms with Crippen molar-refractivity contribution in [3.63, 3.8) is 0 Å². The van der Waals surface area contributed by atoms with E-state index in [1.165, 1.54) is 12.8 Å². The maximum Gasteiger partial charge on any atom is 0.253 e. The molecule has 0 heterocycles. The monoisotopic (exact) mass is 249 g/mol. The summed E-state index contributed by atoms with van der Waals surface area (Å²) in [5.74, 6) is -0.128. The number of anilines is 2. The second-order valence-electron chi connectivity index (χ2n) is 4.72. The van der Waals surface area contributed by atoms with E-state index in [1.807, 2.05) is 6.92 Å². The van der Waals surface area contributed by atoms with Gasteiger partial charge in [0.1, 0.15) is 0 Å². The highest BCUT2D eigenvalue weighted by molar-refractivity contribution is 5.99. The highest BCUT2D eigenvalue weighted by Crippen LogP contribution is 2.16. The van der Waals surface area contributed by atoms with E-state index >= 15 is 0 Å². The van der Waals surface area contributed by atoms with E-state index < -0.39 is 0 Å². The van der Waals surface area contributed by atoms with Crippen LogP contribution in [0.3, 0.4) is 0 Å². The van der Waals surface area contributed by atoms with Gasteiger partial charge in [-0.25, -0.2) is 0 Å². The number of nitrogens with one attached hydrogen (secondary N) is 1. The van der Waals surface area contributed by atoms with Gasteiger partial charge in [0.05, 0.1) is 5.56 Å². The summed E-state index contributed by atoms with van der Waals surface area (Å²) in [5, 5.41) is 2.96. The minimum absolute atomic E-state index is 0.128. The van der Waals surface area contributed by atoms with E-state index in [4.69, 9.17) is 11.5 Å². The Hall–Kier alpha value is -1.71. The molecular formula is C14H23N3O. The molecule has 4 nitrogen and oxygen atoms in total. The van der Waals surface area contributed by atoms with Crippen molar-refractivity contribution in [1.82, 2.24) is 5.32 Å². The number of carbonyl (C=O) groups is 1. The quantitative estimate of drug-likeness (QED) is 0.535. The Bertz CT molecular complexity index is 404. The number of hydrogen-bond donors (Lipinski definition) is 3. The summed E-state index contributed by atoms with van der Waals surface area (Å²) in [6.07, 6.45) is 4.51. The van der Waals surface area contributed by atoms with Crippen LogP contribution in [-0.4, -0.2) is 11.9 Å². The van der Waals surface area contributed by atoms with Crippen LogP contribution in [0, 0.1) is 0 Å². The van der Waals surface area contributed by atoms with Gasteiger partial charge < -0.3 is 16.8 Å². The lowest BCUT2D eigenvalue weighted by Gasteiger charge is -2.14. The fourth-order valence-electron chi connectivity index (χ4n) is 1.86. The largest absolute Gasteiger partial charge is 0.399 e. The molecule has 0 radical (unpaired) electrons. The van der Waals surface area contributed by atoms with Crippen molar-refractivity contribution in [2.75, 3.05) is 11.5 Å². The molecule has 5 N–H and O–H groups in total. The van der Waals surface area contributed by atoms with Gasteiger partial charge in [0, 0.05) is 17.4 Å². The zero-order valence-electron chi connectivity index (χ0n) is 11.2. The van der Waals surface area contributed by atoms with Crippen LogP contribution in [0.4, 0.5) is 11.4 Å². The molecule has 1 unspecified atom stereocenters. The standard InChI is InChI=1S/C14H23N3O/c1-3-4-5-6-10(2)17-14(18)12-8-7-11(15)9-13(12)16/h7-10H,3-6,15-16H2,1-2H3,(H,17,18). The molecule has 0 aromatic heterocycles. The first kappa shape index (κ1) is 14.4. The summed E-state index contributed by atoms with van der Waals surface area (Å²) in [4.78, 5) is 12.0. The fourth-order valence-corrected chi connectivity index (χ4v) is 1.86. The molecule has 1 rings (SSSR count). The van der Waals surface area contributed by atoms with Crippen molar-refractivity contribution in [3.05, 3.63) is 23.8 Å². The maximum absolute atomic E-state index is 12.0. The molecule has 1 aromatic carbocycles. The van der Waals surface area contributed by atoms with E-state index in [-0.39, 0.29) is 11.9 Å². The average Bonchev–Trinajstić information content (AvgIpc) is 2.28. The molecular weight excluding hydrogens is 226 g/mol. The number of rotatable bonds is 6. The maximum atomic E-state index is 12.0. The number of benzene rings is 1. The summed E-state index contributed by atoms with van der Waals surface area (Å²) in [6.45, 7) is 4.18. The van der Waals surface area contributed by atoms with Crippen molar-refractivity contribution >= 4 is 17.3 Å². The van der Waals surface area contributed by atoms with E-state index in [1.54, 1.807) is 18.2 Å². The minimum atomic E-state index is -0.128. The van der Waals surface area contributed by atoms with Crippen molar-refractivity contribution in [1.29, 1.82) is 0 Å². The molecule has 0 fully saturated rings. The Balaban J connectivity index is 2.54. The van der Waals surface area contributed by atoms with Crippen molar-refractivity contribution in [2.45, 2.75) is 45.6 Å². The molecule has 18 heavy (non-hydrogen) atoms. The average molecular weight is 249 g/mol. The number of nitrogen functional groups attached to an aromatic ring is 2. The van der Waals surface area contributed by atoms with E-state index in [2.05, 4.69) is 12.2 Å². The molecule has 0 saturated carbocycles. The summed E-state index contributed by atoms with van der Waals surface area (Å²) < 4.78 is 0. The van der Waals surface area contributed by atoms with Gasteiger partial charge in [-0.3, -0.25) is 4.79 Å². The third kappa shape index (κ3) is 4.28. The number of unbranched alkanes of at least 4 members (excludes halogenated alkanes) is 2. The zero-order chi connectivity index (χ0) is 13.5. The summed E-state index contributed by atoms with van der Waals surface area (Å²) in [6, 6.07) is 5.13. The first-order valence-corrected chi connectivity index (χ1v) is 6.50. The second kappa shape index (κ2) is 6.89. The zero-order valence-corrected chi connectivity index (χ0v) is 11.2. The molecule has 0 aliphatic rings. The van der Waals surface area contributed by atoms with Crippen LogP contribution in [0.5, 0.6) is 0 Å². The Labute approximate surface area is 109 Å². The Morgan fingerprint density at radius 3 is 2.67 bits per heavy atom. The topological polar surface area (TPSA) is 81.1 Å². The molecule has 1 amide bonds. The van der Waals surface area contributed by atoms with Gasteiger partial charge in [0.15, 0.2) is 0 Å². The molecule has 0 saturated heterocycles. The third-order valence-electron chi connectivity index (χ3n) is 2.94. The molecule has 1 atom stereocenters. The molecule has 100 valence electrons. The van der Waals surface area contributed by atoms with Crippen LogP contribution < -0.4 is 16.8 Å². The smallest absolute Gasteiger partial charge is 0.253 e. The Morgan fingerprint density at radius 2 is 2.06 bits per heavy atom. The normalized spacial score (nSPS) is 12.1. The number of nitrogens with two attached hydrogens (primary N) is 2. The van der Waals surface area contributed by atoms with Gasteiger partial charge in [-0.1, -0.05) is 26.2 Å². The van der Waals surface area contributed by atoms with Crippen LogP contribution in [0.1, 0.15) is 49.9 Å². The van der Waals surface area contributed by atoms with Crippen molar-refractivity contribution in [2.24, 2.45) is 0 Å². The lowest BCUT2D eigenvalue weighted by molar-refractivity contribution is 0.0939. The molecule has 0 spiro atoms. The Kier molecular flexibility index (Phi) is 5.49. The molecule has 0 aliphatic heterocycles. The second-order valence-corrected chi connectivity index (χ2v) is 4.72. The number of hydrogen-bond acceptors (Lipinski definition) is 3. The SMILES string of the molecule is CCCCCC(C)NC(=O)c1ccc(N)cc1N. The van der Waals surface area contributed by atoms with Gasteiger partial charge in [0.25, 0.3) is 5.91 Å². The van der Waals surface area contributed by atoms with E-state index in [0.29, 0.717) is 16.9 Å². The van der Waals surface area contributed by atoms with Gasteiger partial charge >= 0.3 is 0 Å². The van der Waals surface area contributed by atoms with E-state index in [9.17, 15) is 4.79 Å². The highest BCUT2D eigenvalue weighted by atomic mass is 16.1. The first-order valence-electron chi connectivity index (χ1n) is 6.50.